The highest BCUT2D eigenvalue weighted by Crippen LogP contribution is 2.34. The van der Waals surface area contributed by atoms with Crippen LogP contribution in [0, 0.1) is 0 Å². The van der Waals surface area contributed by atoms with E-state index in [2.05, 4.69) is 0 Å². The molecule has 0 saturated carbocycles. The maximum absolute atomic E-state index is 12.8. The second-order valence-corrected chi connectivity index (χ2v) is 3.97. The number of rotatable bonds is 4. The van der Waals surface area contributed by atoms with Crippen LogP contribution in [0.4, 0.5) is 3.89 Å². The monoisotopic (exact) mass is 234 g/mol. The summed E-state index contributed by atoms with van der Waals surface area (Å²) in [5.41, 5.74) is 0. The van der Waals surface area contributed by atoms with Gasteiger partial charge in [-0.2, -0.15) is 8.42 Å². The molecule has 0 aliphatic heterocycles. The summed E-state index contributed by atoms with van der Waals surface area (Å²) in [5, 5.41) is 0. The van der Waals surface area contributed by atoms with E-state index in [4.69, 9.17) is 9.47 Å². The van der Waals surface area contributed by atoms with Crippen LogP contribution in [0.15, 0.2) is 23.1 Å². The maximum Gasteiger partial charge on any atom is 0.335 e. The number of hydrogen-bond acceptors (Lipinski definition) is 4. The van der Waals surface area contributed by atoms with Gasteiger partial charge in [0.25, 0.3) is 0 Å². The van der Waals surface area contributed by atoms with Gasteiger partial charge in [-0.05, 0) is 19.1 Å². The summed E-state index contributed by atoms with van der Waals surface area (Å²) < 4.78 is 44.3. The summed E-state index contributed by atoms with van der Waals surface area (Å²) in [7, 11) is -3.53. The topological polar surface area (TPSA) is 52.6 Å². The molecular formula is C9H11FO4S. The zero-order valence-corrected chi connectivity index (χ0v) is 9.17. The second-order valence-electron chi connectivity index (χ2n) is 2.66. The molecule has 0 spiro atoms. The van der Waals surface area contributed by atoms with Gasteiger partial charge in [0.2, 0.25) is 0 Å². The van der Waals surface area contributed by atoms with E-state index in [-0.39, 0.29) is 11.5 Å². The molecule has 1 rings (SSSR count). The summed E-state index contributed by atoms with van der Waals surface area (Å²) in [6.45, 7) is 2.07. The number of hydrogen-bond donors (Lipinski definition) is 0. The first-order valence-electron chi connectivity index (χ1n) is 4.25. The lowest BCUT2D eigenvalue weighted by Gasteiger charge is -2.10. The second kappa shape index (κ2) is 4.48. The molecule has 1 aromatic carbocycles. The largest absolute Gasteiger partial charge is 0.492 e. The summed E-state index contributed by atoms with van der Waals surface area (Å²) in [6, 6.07) is 4.02. The Morgan fingerprint density at radius 3 is 2.53 bits per heavy atom. The Labute approximate surface area is 87.8 Å². The van der Waals surface area contributed by atoms with Crippen molar-refractivity contribution in [2.45, 2.75) is 11.8 Å². The third kappa shape index (κ3) is 2.59. The van der Waals surface area contributed by atoms with Gasteiger partial charge < -0.3 is 9.47 Å². The maximum atomic E-state index is 12.8. The van der Waals surface area contributed by atoms with Gasteiger partial charge in [0.05, 0.1) is 13.7 Å². The summed E-state index contributed by atoms with van der Waals surface area (Å²) in [6.07, 6.45) is 0. The molecule has 0 bridgehead atoms. The van der Waals surface area contributed by atoms with Crippen molar-refractivity contribution in [2.24, 2.45) is 0 Å². The van der Waals surface area contributed by atoms with E-state index in [9.17, 15) is 12.3 Å². The van der Waals surface area contributed by atoms with Gasteiger partial charge in [-0.15, -0.1) is 3.89 Å². The third-order valence-corrected chi connectivity index (χ3v) is 2.56. The highest BCUT2D eigenvalue weighted by Gasteiger charge is 2.21. The fourth-order valence-corrected chi connectivity index (χ4v) is 1.80. The molecule has 0 fully saturated rings. The van der Waals surface area contributed by atoms with Gasteiger partial charge in [-0.3, -0.25) is 0 Å². The van der Waals surface area contributed by atoms with E-state index in [1.165, 1.54) is 19.2 Å². The first kappa shape index (κ1) is 11.8. The minimum Gasteiger partial charge on any atom is -0.492 e. The Hall–Kier alpha value is -1.30. The molecule has 0 unspecified atom stereocenters. The van der Waals surface area contributed by atoms with E-state index in [0.717, 1.165) is 6.07 Å². The summed E-state index contributed by atoms with van der Waals surface area (Å²) in [4.78, 5) is -0.518. The van der Waals surface area contributed by atoms with Gasteiger partial charge in [0.1, 0.15) is 4.90 Å². The molecular weight excluding hydrogens is 223 g/mol. The Morgan fingerprint density at radius 2 is 2.07 bits per heavy atom. The van der Waals surface area contributed by atoms with E-state index in [1.54, 1.807) is 6.92 Å². The average Bonchev–Trinajstić information content (AvgIpc) is 2.16. The molecule has 0 radical (unpaired) electrons. The molecule has 0 heterocycles. The molecule has 0 atom stereocenters. The van der Waals surface area contributed by atoms with Crippen LogP contribution < -0.4 is 9.47 Å². The minimum absolute atomic E-state index is 0.109. The van der Waals surface area contributed by atoms with E-state index in [1.807, 2.05) is 0 Å². The molecule has 0 aliphatic rings. The molecule has 0 saturated heterocycles. The van der Waals surface area contributed by atoms with Crippen LogP contribution in [0.25, 0.3) is 0 Å². The summed E-state index contributed by atoms with van der Waals surface area (Å²) >= 11 is 0. The van der Waals surface area contributed by atoms with Crippen LogP contribution in [-0.4, -0.2) is 22.1 Å². The number of halogens is 1. The molecule has 0 aliphatic carbocycles. The van der Waals surface area contributed by atoms with Crippen LogP contribution in [-0.2, 0) is 10.2 Å². The van der Waals surface area contributed by atoms with E-state index < -0.39 is 15.1 Å². The normalized spacial score (nSPS) is 11.1. The standard InChI is InChI=1S/C9H11FO4S/c1-3-14-7-5-4-6-8(9(7)13-2)15(10,11)12/h4-6H,3H2,1-2H3. The molecule has 0 N–H and O–H groups in total. The lowest BCUT2D eigenvalue weighted by atomic mass is 10.3. The minimum atomic E-state index is -4.79. The zero-order valence-electron chi connectivity index (χ0n) is 8.36. The van der Waals surface area contributed by atoms with Crippen molar-refractivity contribution in [1.29, 1.82) is 0 Å². The Bertz CT molecular complexity index is 441. The fraction of sp³-hybridized carbons (Fsp3) is 0.333. The smallest absolute Gasteiger partial charge is 0.335 e. The lowest BCUT2D eigenvalue weighted by molar-refractivity contribution is 0.306. The van der Waals surface area contributed by atoms with Crippen molar-refractivity contribution in [3.63, 3.8) is 0 Å². The van der Waals surface area contributed by atoms with E-state index >= 15 is 0 Å². The summed E-state index contributed by atoms with van der Waals surface area (Å²) in [5.74, 6) is 0.0978. The van der Waals surface area contributed by atoms with Crippen molar-refractivity contribution in [3.8, 4) is 11.5 Å². The van der Waals surface area contributed by atoms with Crippen molar-refractivity contribution >= 4 is 10.2 Å². The van der Waals surface area contributed by atoms with Crippen LogP contribution in [0.3, 0.4) is 0 Å². The predicted octanol–water partition coefficient (Wildman–Crippen LogP) is 1.75. The van der Waals surface area contributed by atoms with Crippen LogP contribution in [0.5, 0.6) is 11.5 Å². The van der Waals surface area contributed by atoms with Gasteiger partial charge in [0, 0.05) is 0 Å². The van der Waals surface area contributed by atoms with Gasteiger partial charge >= 0.3 is 10.2 Å². The van der Waals surface area contributed by atoms with Crippen LogP contribution in [0.1, 0.15) is 6.92 Å². The first-order valence-corrected chi connectivity index (χ1v) is 5.63. The highest BCUT2D eigenvalue weighted by atomic mass is 32.3. The number of ether oxygens (including phenoxy) is 2. The molecule has 1 aromatic rings. The lowest BCUT2D eigenvalue weighted by Crippen LogP contribution is -2.01. The van der Waals surface area contributed by atoms with E-state index in [0.29, 0.717) is 6.61 Å². The Morgan fingerprint density at radius 1 is 1.40 bits per heavy atom. The van der Waals surface area contributed by atoms with Gasteiger partial charge in [-0.1, -0.05) is 6.07 Å². The number of benzene rings is 1. The molecule has 6 heteroatoms. The molecule has 15 heavy (non-hydrogen) atoms. The van der Waals surface area contributed by atoms with Gasteiger partial charge in [0.15, 0.2) is 11.5 Å². The number of methoxy groups -OCH3 is 1. The molecule has 0 amide bonds. The number of para-hydroxylation sites is 1. The van der Waals surface area contributed by atoms with Crippen molar-refractivity contribution in [3.05, 3.63) is 18.2 Å². The molecule has 0 aromatic heterocycles. The Kier molecular flexibility index (Phi) is 3.52. The highest BCUT2D eigenvalue weighted by molar-refractivity contribution is 7.86. The van der Waals surface area contributed by atoms with Crippen LogP contribution >= 0.6 is 0 Å². The average molecular weight is 234 g/mol. The van der Waals surface area contributed by atoms with Crippen molar-refractivity contribution in [2.75, 3.05) is 13.7 Å². The Balaban J connectivity index is 3.35. The molecule has 4 nitrogen and oxygen atoms in total. The quantitative estimate of drug-likeness (QED) is 0.745. The third-order valence-electron chi connectivity index (χ3n) is 1.71. The zero-order chi connectivity index (χ0) is 11.5. The van der Waals surface area contributed by atoms with Crippen molar-refractivity contribution in [1.82, 2.24) is 0 Å². The van der Waals surface area contributed by atoms with Gasteiger partial charge in [-0.25, -0.2) is 0 Å². The van der Waals surface area contributed by atoms with Crippen molar-refractivity contribution < 1.29 is 21.8 Å². The first-order chi connectivity index (χ1) is 7.00. The predicted molar refractivity (Wildman–Crippen MR) is 52.5 cm³/mol. The van der Waals surface area contributed by atoms with Crippen LogP contribution in [0.2, 0.25) is 0 Å². The fourth-order valence-electron chi connectivity index (χ4n) is 1.16. The molecule has 84 valence electrons. The SMILES string of the molecule is CCOc1cccc(S(=O)(=O)F)c1OC.